The average molecular weight is 264 g/mol. The Hall–Kier alpha value is -1.52. The monoisotopic (exact) mass is 263 g/mol. The number of aryl methyl sites for hydroxylation is 1. The van der Waals surface area contributed by atoms with Crippen molar-refractivity contribution < 1.29 is 0 Å². The summed E-state index contributed by atoms with van der Waals surface area (Å²) in [6, 6.07) is 9.61. The molecule has 0 radical (unpaired) electrons. The van der Waals surface area contributed by atoms with Crippen LogP contribution in [0.4, 0.5) is 5.00 Å². The van der Waals surface area contributed by atoms with Crippen LogP contribution in [0.2, 0.25) is 5.02 Å². The van der Waals surface area contributed by atoms with Gasteiger partial charge in [-0.3, -0.25) is 0 Å². The second kappa shape index (κ2) is 3.75. The molecule has 86 valence electrons. The lowest BCUT2D eigenvalue weighted by molar-refractivity contribution is 0.963. The van der Waals surface area contributed by atoms with Crippen molar-refractivity contribution in [1.82, 2.24) is 9.55 Å². The third-order valence-corrected chi connectivity index (χ3v) is 3.91. The van der Waals surface area contributed by atoms with Gasteiger partial charge in [0.2, 0.25) is 0 Å². The van der Waals surface area contributed by atoms with Crippen molar-refractivity contribution in [1.29, 1.82) is 0 Å². The van der Waals surface area contributed by atoms with Crippen LogP contribution in [-0.4, -0.2) is 9.55 Å². The van der Waals surface area contributed by atoms with Crippen molar-refractivity contribution in [3.63, 3.8) is 0 Å². The first-order chi connectivity index (χ1) is 8.16. The quantitative estimate of drug-likeness (QED) is 0.730. The lowest BCUT2D eigenvalue weighted by atomic mass is 10.3. The smallest absolute Gasteiger partial charge is 0.151 e. The zero-order valence-corrected chi connectivity index (χ0v) is 10.7. The summed E-state index contributed by atoms with van der Waals surface area (Å²) in [5.74, 6) is 0.898. The summed E-state index contributed by atoms with van der Waals surface area (Å²) in [7, 11) is 1.96. The summed E-state index contributed by atoms with van der Waals surface area (Å²) >= 11 is 7.71. The standard InChI is InChI=1S/C12H10ClN3S/c1-16-11-7(13)3-2-4-8(11)15-12(16)9-5-6-10(14)17-9/h2-6H,14H2,1H3. The van der Waals surface area contributed by atoms with E-state index in [0.717, 1.165) is 26.7 Å². The van der Waals surface area contributed by atoms with Crippen LogP contribution in [0.1, 0.15) is 0 Å². The highest BCUT2D eigenvalue weighted by Gasteiger charge is 2.13. The molecule has 0 spiro atoms. The van der Waals surface area contributed by atoms with Crippen molar-refractivity contribution in [2.24, 2.45) is 7.05 Å². The lowest BCUT2D eigenvalue weighted by Crippen LogP contribution is -1.90. The van der Waals surface area contributed by atoms with E-state index in [-0.39, 0.29) is 0 Å². The van der Waals surface area contributed by atoms with E-state index in [1.54, 1.807) is 0 Å². The van der Waals surface area contributed by atoms with Crippen LogP contribution in [0.3, 0.4) is 0 Å². The van der Waals surface area contributed by atoms with Crippen LogP contribution in [0.15, 0.2) is 30.3 Å². The number of benzene rings is 1. The number of imidazole rings is 1. The van der Waals surface area contributed by atoms with Crippen LogP contribution >= 0.6 is 22.9 Å². The Balaban J connectivity index is 2.32. The van der Waals surface area contributed by atoms with Gasteiger partial charge in [0.1, 0.15) is 0 Å². The third kappa shape index (κ3) is 1.61. The Morgan fingerprint density at radius 1 is 1.29 bits per heavy atom. The maximum Gasteiger partial charge on any atom is 0.151 e. The predicted octanol–water partition coefficient (Wildman–Crippen LogP) is 3.54. The minimum absolute atomic E-state index is 0.716. The number of anilines is 1. The SMILES string of the molecule is Cn1c(-c2ccc(N)s2)nc2cccc(Cl)c21. The van der Waals surface area contributed by atoms with E-state index in [2.05, 4.69) is 4.98 Å². The van der Waals surface area contributed by atoms with E-state index in [4.69, 9.17) is 17.3 Å². The number of fused-ring (bicyclic) bond motifs is 1. The second-order valence-corrected chi connectivity index (χ2v) is 5.33. The van der Waals surface area contributed by atoms with Crippen LogP contribution in [0.25, 0.3) is 21.7 Å². The van der Waals surface area contributed by atoms with E-state index in [1.165, 1.54) is 11.3 Å². The third-order valence-electron chi connectivity index (χ3n) is 2.69. The number of aromatic nitrogens is 2. The number of para-hydroxylation sites is 1. The summed E-state index contributed by atoms with van der Waals surface area (Å²) < 4.78 is 2.00. The number of nitrogens with zero attached hydrogens (tertiary/aromatic N) is 2. The van der Waals surface area contributed by atoms with Crippen molar-refractivity contribution >= 4 is 39.0 Å². The number of nitrogens with two attached hydrogens (primary N) is 1. The zero-order chi connectivity index (χ0) is 12.0. The van der Waals surface area contributed by atoms with Crippen molar-refractivity contribution in [3.05, 3.63) is 35.4 Å². The minimum Gasteiger partial charge on any atom is -0.391 e. The molecule has 0 aliphatic heterocycles. The molecule has 0 aliphatic carbocycles. The second-order valence-electron chi connectivity index (χ2n) is 3.80. The number of rotatable bonds is 1. The topological polar surface area (TPSA) is 43.8 Å². The largest absolute Gasteiger partial charge is 0.391 e. The normalized spacial score (nSPS) is 11.2. The molecule has 2 N–H and O–H groups in total. The molecular weight excluding hydrogens is 254 g/mol. The molecule has 2 heterocycles. The molecule has 0 fully saturated rings. The molecule has 0 saturated heterocycles. The van der Waals surface area contributed by atoms with Crippen LogP contribution in [0.5, 0.6) is 0 Å². The van der Waals surface area contributed by atoms with Crippen molar-refractivity contribution in [3.8, 4) is 10.7 Å². The summed E-state index contributed by atoms with van der Waals surface area (Å²) in [4.78, 5) is 5.64. The maximum atomic E-state index is 6.19. The molecule has 1 aromatic carbocycles. The lowest BCUT2D eigenvalue weighted by Gasteiger charge is -2.00. The van der Waals surface area contributed by atoms with Gasteiger partial charge in [0.15, 0.2) is 5.82 Å². The number of hydrogen-bond acceptors (Lipinski definition) is 3. The van der Waals surface area contributed by atoms with Crippen molar-refractivity contribution in [2.75, 3.05) is 5.73 Å². The van der Waals surface area contributed by atoms with Gasteiger partial charge in [0.05, 0.1) is 25.9 Å². The molecule has 0 aliphatic rings. The number of hydrogen-bond donors (Lipinski definition) is 1. The molecule has 0 bridgehead atoms. The van der Waals surface area contributed by atoms with E-state index in [9.17, 15) is 0 Å². The number of halogens is 1. The Labute approximate surface area is 107 Å². The molecule has 0 unspecified atom stereocenters. The Morgan fingerprint density at radius 2 is 2.12 bits per heavy atom. The van der Waals surface area contributed by atoms with Crippen LogP contribution < -0.4 is 5.73 Å². The first-order valence-electron chi connectivity index (χ1n) is 5.13. The van der Waals surface area contributed by atoms with Gasteiger partial charge in [-0.05, 0) is 24.3 Å². The first kappa shape index (κ1) is 10.6. The van der Waals surface area contributed by atoms with E-state index >= 15 is 0 Å². The van der Waals surface area contributed by atoms with Crippen LogP contribution in [0, 0.1) is 0 Å². The number of thiophene rings is 1. The molecule has 2 aromatic heterocycles. The van der Waals surface area contributed by atoms with Crippen LogP contribution in [-0.2, 0) is 7.05 Å². The zero-order valence-electron chi connectivity index (χ0n) is 9.14. The van der Waals surface area contributed by atoms with Crippen molar-refractivity contribution in [2.45, 2.75) is 0 Å². The molecule has 0 saturated carbocycles. The highest BCUT2D eigenvalue weighted by molar-refractivity contribution is 7.19. The summed E-state index contributed by atoms with van der Waals surface area (Å²) in [6.45, 7) is 0. The fourth-order valence-corrected chi connectivity index (χ4v) is 3.01. The maximum absolute atomic E-state index is 6.19. The number of nitrogen functional groups attached to an aromatic ring is 1. The highest BCUT2D eigenvalue weighted by atomic mass is 35.5. The molecule has 0 atom stereocenters. The van der Waals surface area contributed by atoms with E-state index in [0.29, 0.717) is 5.02 Å². The molecule has 3 nitrogen and oxygen atoms in total. The summed E-state index contributed by atoms with van der Waals surface area (Å²) in [5.41, 5.74) is 7.60. The Morgan fingerprint density at radius 3 is 2.76 bits per heavy atom. The molecular formula is C12H10ClN3S. The molecule has 3 aromatic rings. The van der Waals surface area contributed by atoms with Gasteiger partial charge in [0, 0.05) is 7.05 Å². The molecule has 5 heteroatoms. The summed E-state index contributed by atoms with van der Waals surface area (Å²) in [6.07, 6.45) is 0. The fourth-order valence-electron chi connectivity index (χ4n) is 1.91. The van der Waals surface area contributed by atoms with Gasteiger partial charge >= 0.3 is 0 Å². The summed E-state index contributed by atoms with van der Waals surface area (Å²) in [5, 5.41) is 1.51. The first-order valence-corrected chi connectivity index (χ1v) is 6.33. The van der Waals surface area contributed by atoms with Gasteiger partial charge in [-0.15, -0.1) is 11.3 Å². The molecule has 0 amide bonds. The Bertz CT molecular complexity index is 699. The van der Waals surface area contributed by atoms with Gasteiger partial charge in [-0.1, -0.05) is 17.7 Å². The highest BCUT2D eigenvalue weighted by Crippen LogP contribution is 2.32. The van der Waals surface area contributed by atoms with Gasteiger partial charge < -0.3 is 10.3 Å². The molecule has 3 rings (SSSR count). The Kier molecular flexibility index (Phi) is 2.34. The van der Waals surface area contributed by atoms with Gasteiger partial charge in [-0.25, -0.2) is 4.98 Å². The average Bonchev–Trinajstić information content (AvgIpc) is 2.84. The minimum atomic E-state index is 0.716. The van der Waals surface area contributed by atoms with Gasteiger partial charge in [-0.2, -0.15) is 0 Å². The van der Waals surface area contributed by atoms with E-state index in [1.807, 2.05) is 41.9 Å². The predicted molar refractivity (Wildman–Crippen MR) is 73.4 cm³/mol. The van der Waals surface area contributed by atoms with Gasteiger partial charge in [0.25, 0.3) is 0 Å². The van der Waals surface area contributed by atoms with E-state index < -0.39 is 0 Å². The fraction of sp³-hybridized carbons (Fsp3) is 0.0833. The molecule has 17 heavy (non-hydrogen) atoms.